The summed E-state index contributed by atoms with van der Waals surface area (Å²) in [6.45, 7) is 3.53. The second kappa shape index (κ2) is 8.85. The molecule has 1 aliphatic heterocycles. The lowest BCUT2D eigenvalue weighted by molar-refractivity contribution is -0.137. The molecule has 9 heteroatoms. The van der Waals surface area contributed by atoms with Crippen LogP contribution < -0.4 is 10.6 Å². The maximum absolute atomic E-state index is 13.9. The molecule has 1 saturated carbocycles. The molecule has 5 rings (SSSR count). The van der Waals surface area contributed by atoms with Crippen LogP contribution in [0.1, 0.15) is 62.5 Å². The van der Waals surface area contributed by atoms with Crippen molar-refractivity contribution in [3.63, 3.8) is 0 Å². The number of rotatable bonds is 4. The minimum absolute atomic E-state index is 0.0800. The average molecular weight is 474 g/mol. The number of anilines is 1. The van der Waals surface area contributed by atoms with E-state index >= 15 is 0 Å². The SMILES string of the molecule is CC1(O)CCC(c2cccc3c(-c4nc(N[C@H]5CCCNC5)ncc4C(F)(F)F)c[nH]c23)CC1. The van der Waals surface area contributed by atoms with Gasteiger partial charge in [-0.15, -0.1) is 0 Å². The van der Waals surface area contributed by atoms with E-state index in [4.69, 9.17) is 0 Å². The van der Waals surface area contributed by atoms with Crippen LogP contribution in [-0.4, -0.2) is 44.8 Å². The number of H-pyrrole nitrogens is 1. The molecule has 1 atom stereocenters. The second-order valence-electron chi connectivity index (χ2n) is 9.88. The third-order valence-electron chi connectivity index (χ3n) is 7.23. The fourth-order valence-electron chi connectivity index (χ4n) is 5.29. The van der Waals surface area contributed by atoms with E-state index in [2.05, 4.69) is 25.6 Å². The average Bonchev–Trinajstić information content (AvgIpc) is 3.23. The van der Waals surface area contributed by atoms with Gasteiger partial charge in [0.1, 0.15) is 5.56 Å². The first-order chi connectivity index (χ1) is 16.2. The lowest BCUT2D eigenvalue weighted by atomic mass is 9.76. The number of halogens is 3. The van der Waals surface area contributed by atoms with Crippen LogP contribution >= 0.6 is 0 Å². The van der Waals surface area contributed by atoms with Gasteiger partial charge in [0, 0.05) is 41.4 Å². The van der Waals surface area contributed by atoms with Gasteiger partial charge in [-0.3, -0.25) is 0 Å². The van der Waals surface area contributed by atoms with E-state index in [9.17, 15) is 18.3 Å². The molecule has 0 amide bonds. The Hall–Kier alpha value is -2.65. The van der Waals surface area contributed by atoms with Crippen LogP contribution in [0.4, 0.5) is 19.1 Å². The van der Waals surface area contributed by atoms with Gasteiger partial charge in [-0.05, 0) is 63.5 Å². The quantitative estimate of drug-likeness (QED) is 0.418. The highest BCUT2D eigenvalue weighted by Gasteiger charge is 2.37. The molecular formula is C25H30F3N5O. The third kappa shape index (κ3) is 4.63. The van der Waals surface area contributed by atoms with Gasteiger partial charge in [-0.25, -0.2) is 9.97 Å². The Kier molecular flexibility index (Phi) is 6.02. The van der Waals surface area contributed by atoms with Crippen molar-refractivity contribution in [1.29, 1.82) is 0 Å². The summed E-state index contributed by atoms with van der Waals surface area (Å²) in [5.41, 5.74) is 0.712. The lowest BCUT2D eigenvalue weighted by Crippen LogP contribution is -2.38. The van der Waals surface area contributed by atoms with Crippen molar-refractivity contribution in [2.45, 2.75) is 69.2 Å². The largest absolute Gasteiger partial charge is 0.419 e. The van der Waals surface area contributed by atoms with Gasteiger partial charge in [0.05, 0.1) is 11.3 Å². The van der Waals surface area contributed by atoms with Crippen LogP contribution in [0.2, 0.25) is 0 Å². The topological polar surface area (TPSA) is 85.9 Å². The fraction of sp³-hybridized carbons (Fsp3) is 0.520. The summed E-state index contributed by atoms with van der Waals surface area (Å²) in [5, 5.41) is 17.5. The summed E-state index contributed by atoms with van der Waals surface area (Å²) in [7, 11) is 0. The Balaban J connectivity index is 1.54. The number of alkyl halides is 3. The van der Waals surface area contributed by atoms with E-state index in [1.807, 2.05) is 25.1 Å². The zero-order chi connectivity index (χ0) is 23.9. The molecule has 34 heavy (non-hydrogen) atoms. The van der Waals surface area contributed by atoms with Crippen molar-refractivity contribution < 1.29 is 18.3 Å². The van der Waals surface area contributed by atoms with Crippen LogP contribution in [0, 0.1) is 0 Å². The number of para-hydroxylation sites is 1. The number of aromatic amines is 1. The first kappa shape index (κ1) is 23.1. The molecule has 6 nitrogen and oxygen atoms in total. The molecule has 2 aromatic heterocycles. The molecule has 0 radical (unpaired) electrons. The predicted molar refractivity (Wildman–Crippen MR) is 126 cm³/mol. The van der Waals surface area contributed by atoms with Gasteiger partial charge in [-0.1, -0.05) is 18.2 Å². The Morgan fingerprint density at radius 1 is 1.18 bits per heavy atom. The number of aliphatic hydroxyl groups is 1. The lowest BCUT2D eigenvalue weighted by Gasteiger charge is -2.33. The van der Waals surface area contributed by atoms with Crippen molar-refractivity contribution in [1.82, 2.24) is 20.3 Å². The van der Waals surface area contributed by atoms with Crippen LogP contribution in [0.15, 0.2) is 30.6 Å². The Morgan fingerprint density at radius 2 is 1.97 bits per heavy atom. The minimum Gasteiger partial charge on any atom is -0.390 e. The molecule has 2 fully saturated rings. The first-order valence-electron chi connectivity index (χ1n) is 12.0. The molecule has 0 bridgehead atoms. The molecule has 3 heterocycles. The Labute approximate surface area is 196 Å². The van der Waals surface area contributed by atoms with E-state index in [0.29, 0.717) is 23.8 Å². The van der Waals surface area contributed by atoms with E-state index < -0.39 is 17.3 Å². The number of hydrogen-bond acceptors (Lipinski definition) is 5. The van der Waals surface area contributed by atoms with Crippen LogP contribution in [0.5, 0.6) is 0 Å². The van der Waals surface area contributed by atoms with Crippen molar-refractivity contribution in [3.8, 4) is 11.3 Å². The molecule has 1 aromatic carbocycles. The van der Waals surface area contributed by atoms with Gasteiger partial charge >= 0.3 is 6.18 Å². The van der Waals surface area contributed by atoms with E-state index in [0.717, 1.165) is 56.0 Å². The van der Waals surface area contributed by atoms with Gasteiger partial charge in [0.25, 0.3) is 0 Å². The highest BCUT2D eigenvalue weighted by Crippen LogP contribution is 2.43. The highest BCUT2D eigenvalue weighted by molar-refractivity contribution is 5.97. The zero-order valence-electron chi connectivity index (χ0n) is 19.2. The first-order valence-corrected chi connectivity index (χ1v) is 12.0. The number of fused-ring (bicyclic) bond motifs is 1. The van der Waals surface area contributed by atoms with Gasteiger partial charge < -0.3 is 20.7 Å². The van der Waals surface area contributed by atoms with E-state index in [1.54, 1.807) is 6.20 Å². The molecule has 1 saturated heterocycles. The summed E-state index contributed by atoms with van der Waals surface area (Å²) >= 11 is 0. The Morgan fingerprint density at radius 3 is 2.68 bits per heavy atom. The molecule has 4 N–H and O–H groups in total. The molecule has 182 valence electrons. The highest BCUT2D eigenvalue weighted by atomic mass is 19.4. The maximum Gasteiger partial charge on any atom is 0.419 e. The van der Waals surface area contributed by atoms with Crippen molar-refractivity contribution in [3.05, 3.63) is 41.7 Å². The van der Waals surface area contributed by atoms with Gasteiger partial charge in [0.15, 0.2) is 0 Å². The van der Waals surface area contributed by atoms with Crippen LogP contribution in [0.3, 0.4) is 0 Å². The van der Waals surface area contributed by atoms with Crippen LogP contribution in [0.25, 0.3) is 22.2 Å². The summed E-state index contributed by atoms with van der Waals surface area (Å²) < 4.78 is 41.8. The number of nitrogens with zero attached hydrogens (tertiary/aromatic N) is 2. The Bertz CT molecular complexity index is 1160. The van der Waals surface area contributed by atoms with Crippen molar-refractivity contribution >= 4 is 16.9 Å². The molecule has 3 aromatic rings. The second-order valence-corrected chi connectivity index (χ2v) is 9.88. The molecule has 1 aliphatic carbocycles. The molecule has 0 spiro atoms. The molecule has 2 aliphatic rings. The van der Waals surface area contributed by atoms with Crippen LogP contribution in [-0.2, 0) is 6.18 Å². The summed E-state index contributed by atoms with van der Waals surface area (Å²) in [4.78, 5) is 11.6. The van der Waals surface area contributed by atoms with Crippen molar-refractivity contribution in [2.75, 3.05) is 18.4 Å². The standard InChI is InChI=1S/C25H30F3N5O/c1-24(34)9-7-15(8-10-24)17-5-2-6-18-19(13-30-21(17)18)22-20(25(26,27)28)14-31-23(33-22)32-16-4-3-11-29-12-16/h2,5-6,13-16,29-30,34H,3-4,7-12H2,1H3,(H,31,32,33)/t15?,16-,24?/m0/s1. The van der Waals surface area contributed by atoms with Gasteiger partial charge in [-0.2, -0.15) is 13.2 Å². The van der Waals surface area contributed by atoms with Gasteiger partial charge in [0.2, 0.25) is 5.95 Å². The normalized spacial score (nSPS) is 26.0. The number of piperidine rings is 1. The van der Waals surface area contributed by atoms with E-state index in [-0.39, 0.29) is 23.6 Å². The maximum atomic E-state index is 13.9. The number of hydrogen-bond donors (Lipinski definition) is 4. The van der Waals surface area contributed by atoms with E-state index in [1.165, 1.54) is 0 Å². The summed E-state index contributed by atoms with van der Waals surface area (Å²) in [5.74, 6) is 0.454. The predicted octanol–water partition coefficient (Wildman–Crippen LogP) is 5.22. The molecule has 0 unspecified atom stereocenters. The van der Waals surface area contributed by atoms with Crippen molar-refractivity contribution in [2.24, 2.45) is 0 Å². The number of nitrogens with one attached hydrogen (secondary N) is 3. The summed E-state index contributed by atoms with van der Waals surface area (Å²) in [6, 6.07) is 5.84. The number of aromatic nitrogens is 3. The molecular weight excluding hydrogens is 443 g/mol. The summed E-state index contributed by atoms with van der Waals surface area (Å²) in [6.07, 6.45) is 2.93. The minimum atomic E-state index is -4.57. The zero-order valence-corrected chi connectivity index (χ0v) is 19.2. The smallest absolute Gasteiger partial charge is 0.390 e. The number of benzene rings is 1. The fourth-order valence-corrected chi connectivity index (χ4v) is 5.29. The monoisotopic (exact) mass is 473 g/mol. The third-order valence-corrected chi connectivity index (χ3v) is 7.23.